The van der Waals surface area contributed by atoms with E-state index in [1.54, 1.807) is 6.07 Å². The van der Waals surface area contributed by atoms with E-state index in [0.29, 0.717) is 42.6 Å². The molecule has 0 amide bonds. The quantitative estimate of drug-likeness (QED) is 0.0157. The summed E-state index contributed by atoms with van der Waals surface area (Å²) in [5.74, 6) is 0.920. The maximum atomic E-state index is 12.5. The van der Waals surface area contributed by atoms with Crippen molar-refractivity contribution in [2.75, 3.05) is 11.1 Å². The van der Waals surface area contributed by atoms with E-state index in [1.165, 1.54) is 43.0 Å². The van der Waals surface area contributed by atoms with Crippen molar-refractivity contribution >= 4 is 97.8 Å². The number of hydrogen-bond acceptors (Lipinski definition) is 11. The SMILES string of the molecule is C.CC#N.FC(F)(F)c1ccc(-c2n[nH]c(=S)o2)cc1.FC(F)=CCCCCBr.FC(F)=CCCCCSc1nnc(-c2ccc(C(F)(F)F)cc2)o1.O=CO[O-].[K+].[K]. The van der Waals surface area contributed by atoms with Crippen LogP contribution in [0.5, 0.6) is 0 Å². The van der Waals surface area contributed by atoms with Gasteiger partial charge in [-0.1, -0.05) is 35.1 Å². The number of nitrogens with one attached hydrogen (secondary N) is 1. The number of halogens is 11. The number of carbonyl (C=O) groups excluding carboxylic acids is 1. The minimum Gasteiger partial charge on any atom is -0.662 e. The van der Waals surface area contributed by atoms with E-state index < -0.39 is 35.6 Å². The Morgan fingerprint density at radius 3 is 1.64 bits per heavy atom. The van der Waals surface area contributed by atoms with E-state index in [2.05, 4.69) is 53.4 Å². The first-order valence-corrected chi connectivity index (χ1v) is 17.9. The summed E-state index contributed by atoms with van der Waals surface area (Å²) in [7, 11) is 0. The molecule has 0 aliphatic rings. The third kappa shape index (κ3) is 32.1. The molecule has 4 aromatic rings. The summed E-state index contributed by atoms with van der Waals surface area (Å²) in [5, 5.41) is 30.6. The summed E-state index contributed by atoms with van der Waals surface area (Å²) >= 11 is 9.14. The fourth-order valence-electron chi connectivity index (χ4n) is 3.41. The number of alkyl halides is 7. The zero-order valence-corrected chi connectivity index (χ0v) is 40.3. The smallest absolute Gasteiger partial charge is 0.662 e. The molecular weight excluding hydrogens is 971 g/mol. The topological polar surface area (TPSA) is 154 Å². The molecule has 4 rings (SSSR count). The Kier molecular flexibility index (Phi) is 40.7. The largest absolute Gasteiger partial charge is 1.00 e. The molecule has 1 radical (unpaired) electrons. The van der Waals surface area contributed by atoms with Crippen molar-refractivity contribution in [3.8, 4) is 29.0 Å². The van der Waals surface area contributed by atoms with Crippen LogP contribution in [0.2, 0.25) is 0 Å². The Hall–Kier alpha value is -1.26. The minimum absolute atomic E-state index is 0. The van der Waals surface area contributed by atoms with Crippen LogP contribution in [0.15, 0.2) is 86.9 Å². The molecule has 59 heavy (non-hydrogen) atoms. The van der Waals surface area contributed by atoms with Gasteiger partial charge in [-0.05, 0) is 111 Å². The molecular formula is C34H35BrF10K2N5O5S2. The van der Waals surface area contributed by atoms with Crippen molar-refractivity contribution in [2.24, 2.45) is 0 Å². The van der Waals surface area contributed by atoms with Crippen LogP contribution in [-0.4, -0.2) is 89.3 Å². The van der Waals surface area contributed by atoms with Crippen molar-refractivity contribution in [1.29, 1.82) is 5.26 Å². The second-order valence-corrected chi connectivity index (χ2v) is 12.1. The number of aromatic nitrogens is 4. The van der Waals surface area contributed by atoms with E-state index >= 15 is 0 Å². The van der Waals surface area contributed by atoms with Gasteiger partial charge in [-0.3, -0.25) is 4.79 Å². The number of H-pyrrole nitrogens is 1. The van der Waals surface area contributed by atoms with Crippen LogP contribution in [0.3, 0.4) is 0 Å². The standard InChI is InChI=1S/C15H13F5N2OS.C9H5F3N2OS.C6H9BrF2.C2H3N.CH2O3.CH4.2K/c16-12(17)4-2-1-3-9-24-14-22-21-13(23-14)10-5-7-11(8-6-10)15(18,19)20;10-9(11,12)6-3-1-5(2-4-6)7-13-14-8(16)15-7;7-5-3-1-2-4-6(8)9;1-2-3;2-1-4-3;;;/h4-8H,1-3,9H2;1-4H,(H,14,16);4H,1-3,5H2;1H3;1,3H;1H4;;/q;;;;;;;+1/p-1. The van der Waals surface area contributed by atoms with E-state index in [-0.39, 0.29) is 139 Å². The van der Waals surface area contributed by atoms with E-state index in [9.17, 15) is 43.9 Å². The van der Waals surface area contributed by atoms with Crippen LogP contribution >= 0.6 is 39.9 Å². The summed E-state index contributed by atoms with van der Waals surface area (Å²) in [4.78, 5) is 11.3. The summed E-state index contributed by atoms with van der Waals surface area (Å²) in [6.07, 6.45) is -6.23. The van der Waals surface area contributed by atoms with Gasteiger partial charge in [-0.2, -0.15) is 49.2 Å². The van der Waals surface area contributed by atoms with Gasteiger partial charge < -0.3 is 19.0 Å². The molecule has 0 unspecified atom stereocenters. The summed E-state index contributed by atoms with van der Waals surface area (Å²) in [5.41, 5.74) is -0.643. The molecule has 2 aromatic heterocycles. The molecule has 2 heterocycles. The Balaban J connectivity index is -0.000000374. The minimum atomic E-state index is -4.39. The molecule has 317 valence electrons. The number of rotatable bonds is 13. The number of nitriles is 1. The molecule has 2 aromatic carbocycles. The first-order chi connectivity index (χ1) is 26.4. The van der Waals surface area contributed by atoms with Gasteiger partial charge in [0.2, 0.25) is 11.8 Å². The van der Waals surface area contributed by atoms with Crippen molar-refractivity contribution < 1.29 is 119 Å². The van der Waals surface area contributed by atoms with Gasteiger partial charge in [0.05, 0.1) is 17.2 Å². The van der Waals surface area contributed by atoms with Crippen LogP contribution < -0.4 is 56.6 Å². The van der Waals surface area contributed by atoms with E-state index in [4.69, 9.17) is 24.1 Å². The van der Waals surface area contributed by atoms with E-state index in [0.717, 1.165) is 54.6 Å². The summed E-state index contributed by atoms with van der Waals surface area (Å²) in [6.45, 7) is 1.25. The average molecular weight is 1010 g/mol. The van der Waals surface area contributed by atoms with Crippen LogP contribution in [0.1, 0.15) is 64.0 Å². The first kappa shape index (κ1) is 64.4. The molecule has 0 spiro atoms. The summed E-state index contributed by atoms with van der Waals surface area (Å²) < 4.78 is 131. The molecule has 0 atom stereocenters. The predicted octanol–water partition coefficient (Wildman–Crippen LogP) is 8.77. The number of benzene rings is 2. The molecule has 0 bridgehead atoms. The normalized spacial score (nSPS) is 9.76. The number of allylic oxidation sites excluding steroid dienone is 2. The fourth-order valence-corrected chi connectivity index (χ4v) is 4.69. The molecule has 0 aliphatic heterocycles. The number of nitrogens with zero attached hydrogens (tertiary/aromatic N) is 4. The fraction of sp³-hybridized carbons (Fsp3) is 0.353. The van der Waals surface area contributed by atoms with Gasteiger partial charge in [-0.25, -0.2) is 5.10 Å². The van der Waals surface area contributed by atoms with Gasteiger partial charge in [-0.15, -0.1) is 15.3 Å². The molecule has 10 nitrogen and oxygen atoms in total. The predicted molar refractivity (Wildman–Crippen MR) is 201 cm³/mol. The number of thioether (sulfide) groups is 1. The second-order valence-electron chi connectivity index (χ2n) is 9.87. The summed E-state index contributed by atoms with van der Waals surface area (Å²) in [6, 6.07) is 10.7. The maximum Gasteiger partial charge on any atom is 1.00 e. The molecule has 0 saturated heterocycles. The van der Waals surface area contributed by atoms with Gasteiger partial charge in [0.25, 0.3) is 28.7 Å². The van der Waals surface area contributed by atoms with Gasteiger partial charge in [0.1, 0.15) is 0 Å². The van der Waals surface area contributed by atoms with Crippen LogP contribution in [0, 0.1) is 16.2 Å². The van der Waals surface area contributed by atoms with Gasteiger partial charge >= 0.3 is 63.7 Å². The zero-order chi connectivity index (χ0) is 42.6. The molecule has 0 aliphatic carbocycles. The van der Waals surface area contributed by atoms with Crippen molar-refractivity contribution in [3.63, 3.8) is 0 Å². The average Bonchev–Trinajstić information content (AvgIpc) is 3.81. The Morgan fingerprint density at radius 1 is 0.864 bits per heavy atom. The number of carbonyl (C=O) groups is 1. The number of hydrogen-bond donors (Lipinski definition) is 1. The molecule has 0 fully saturated rings. The van der Waals surface area contributed by atoms with Crippen molar-refractivity contribution in [1.82, 2.24) is 20.4 Å². The second kappa shape index (κ2) is 37.3. The van der Waals surface area contributed by atoms with Gasteiger partial charge in [0, 0.05) is 80.5 Å². The van der Waals surface area contributed by atoms with Crippen LogP contribution in [-0.2, 0) is 22.0 Å². The third-order valence-electron chi connectivity index (χ3n) is 5.81. The monoisotopic (exact) mass is 1000 g/mol. The first-order valence-electron chi connectivity index (χ1n) is 15.4. The Bertz CT molecular complexity index is 1830. The molecule has 1 N–H and O–H groups in total. The molecule has 0 saturated carbocycles. The van der Waals surface area contributed by atoms with Crippen LogP contribution in [0.25, 0.3) is 22.9 Å². The zero-order valence-electron chi connectivity index (χ0n) is 30.8. The maximum absolute atomic E-state index is 12.5. The van der Waals surface area contributed by atoms with Crippen molar-refractivity contribution in [3.05, 3.63) is 88.8 Å². The number of aromatic amines is 1. The Labute approximate surface area is 435 Å². The Morgan fingerprint density at radius 2 is 1.29 bits per heavy atom. The van der Waals surface area contributed by atoms with Gasteiger partial charge in [0.15, 0.2) is 0 Å². The third-order valence-corrected chi connectivity index (χ3v) is 7.45. The number of unbranched alkanes of at least 4 members (excludes halogenated alkanes) is 4. The van der Waals surface area contributed by atoms with Crippen molar-refractivity contribution in [2.45, 2.75) is 70.5 Å². The van der Waals surface area contributed by atoms with Crippen LogP contribution in [0.4, 0.5) is 43.9 Å². The molecule has 25 heteroatoms. The van der Waals surface area contributed by atoms with E-state index in [1.807, 2.05) is 0 Å².